The summed E-state index contributed by atoms with van der Waals surface area (Å²) in [6.07, 6.45) is 1.80. The first-order valence-corrected chi connectivity index (χ1v) is 8.66. The maximum atomic E-state index is 13.6. The van der Waals surface area contributed by atoms with Crippen LogP contribution >= 0.6 is 11.6 Å². The normalized spacial score (nSPS) is 15.2. The first kappa shape index (κ1) is 15.7. The van der Waals surface area contributed by atoms with Crippen LogP contribution in [0.4, 0.5) is 4.39 Å². The summed E-state index contributed by atoms with van der Waals surface area (Å²) in [6, 6.07) is 4.95. The highest BCUT2D eigenvalue weighted by Crippen LogP contribution is 2.30. The predicted octanol–water partition coefficient (Wildman–Crippen LogP) is 3.81. The van der Waals surface area contributed by atoms with Crippen molar-refractivity contribution in [3.8, 4) is 0 Å². The number of fused-ring (bicyclic) bond motifs is 3. The summed E-state index contributed by atoms with van der Waals surface area (Å²) in [5, 5.41) is 6.19. The molecule has 4 rings (SSSR count). The Balaban J connectivity index is 1.65. The molecule has 0 amide bonds. The number of hydrogen-bond donors (Lipinski definition) is 1. The Hall–Kier alpha value is -1.85. The quantitative estimate of drug-likeness (QED) is 0.782. The highest BCUT2D eigenvalue weighted by Gasteiger charge is 2.23. The summed E-state index contributed by atoms with van der Waals surface area (Å²) in [7, 11) is 1.88. The van der Waals surface area contributed by atoms with Gasteiger partial charge in [-0.1, -0.05) is 18.5 Å². The molecule has 0 bridgehead atoms. The lowest BCUT2D eigenvalue weighted by Crippen LogP contribution is -2.30. The summed E-state index contributed by atoms with van der Waals surface area (Å²) < 4.78 is 15.4. The van der Waals surface area contributed by atoms with Gasteiger partial charge in [-0.05, 0) is 30.2 Å². The SMILES string of the molecule is CCc1nn(C)c(Cl)c1CN1CCc2[nH]c3ccc(F)cc3c2C1. The van der Waals surface area contributed by atoms with Crippen molar-refractivity contribution in [1.82, 2.24) is 19.7 Å². The molecule has 1 aliphatic rings. The summed E-state index contributed by atoms with van der Waals surface area (Å²) in [5.41, 5.74) is 5.60. The van der Waals surface area contributed by atoms with Crippen LogP contribution in [0.5, 0.6) is 0 Å². The average Bonchev–Trinajstić information content (AvgIpc) is 3.06. The Labute approximate surface area is 145 Å². The molecule has 0 saturated carbocycles. The molecule has 3 heterocycles. The minimum absolute atomic E-state index is 0.190. The minimum atomic E-state index is -0.190. The molecule has 0 saturated heterocycles. The van der Waals surface area contributed by atoms with Crippen LogP contribution in [0, 0.1) is 5.82 Å². The van der Waals surface area contributed by atoms with Crippen LogP contribution in [0.2, 0.25) is 5.15 Å². The van der Waals surface area contributed by atoms with Gasteiger partial charge in [-0.3, -0.25) is 9.58 Å². The van der Waals surface area contributed by atoms with Crippen molar-refractivity contribution in [2.24, 2.45) is 7.05 Å². The zero-order valence-corrected chi connectivity index (χ0v) is 14.6. The van der Waals surface area contributed by atoms with Gasteiger partial charge in [0.1, 0.15) is 11.0 Å². The molecule has 1 aliphatic heterocycles. The van der Waals surface area contributed by atoms with Crippen molar-refractivity contribution in [2.45, 2.75) is 32.9 Å². The molecule has 0 aliphatic carbocycles. The molecule has 0 unspecified atom stereocenters. The lowest BCUT2D eigenvalue weighted by atomic mass is 10.0. The second kappa shape index (κ2) is 5.90. The molecule has 3 aromatic rings. The topological polar surface area (TPSA) is 36.9 Å². The third-order valence-electron chi connectivity index (χ3n) is 4.89. The van der Waals surface area contributed by atoms with Crippen LogP contribution in [-0.2, 0) is 33.0 Å². The summed E-state index contributed by atoms with van der Waals surface area (Å²) >= 11 is 6.42. The number of H-pyrrole nitrogens is 1. The smallest absolute Gasteiger partial charge is 0.131 e. The molecule has 2 aromatic heterocycles. The molecule has 0 fully saturated rings. The van der Waals surface area contributed by atoms with Crippen molar-refractivity contribution in [3.63, 3.8) is 0 Å². The first-order valence-electron chi connectivity index (χ1n) is 8.28. The highest BCUT2D eigenvalue weighted by atomic mass is 35.5. The minimum Gasteiger partial charge on any atom is -0.358 e. The van der Waals surface area contributed by atoms with Gasteiger partial charge in [-0.15, -0.1) is 0 Å². The highest BCUT2D eigenvalue weighted by molar-refractivity contribution is 6.30. The van der Waals surface area contributed by atoms with Crippen molar-refractivity contribution < 1.29 is 4.39 Å². The molecule has 0 spiro atoms. The molecule has 1 aromatic carbocycles. The van der Waals surface area contributed by atoms with Gasteiger partial charge in [0.15, 0.2) is 0 Å². The first-order chi connectivity index (χ1) is 11.6. The van der Waals surface area contributed by atoms with Crippen molar-refractivity contribution >= 4 is 22.5 Å². The van der Waals surface area contributed by atoms with E-state index in [1.54, 1.807) is 10.7 Å². The van der Waals surface area contributed by atoms with Crippen LogP contribution in [0.3, 0.4) is 0 Å². The number of aryl methyl sites for hydroxylation is 2. The largest absolute Gasteiger partial charge is 0.358 e. The fourth-order valence-corrected chi connectivity index (χ4v) is 3.85. The van der Waals surface area contributed by atoms with Crippen LogP contribution in [0.25, 0.3) is 10.9 Å². The van der Waals surface area contributed by atoms with E-state index in [-0.39, 0.29) is 5.82 Å². The molecule has 1 N–H and O–H groups in total. The van der Waals surface area contributed by atoms with E-state index in [1.807, 2.05) is 13.1 Å². The number of nitrogens with one attached hydrogen (secondary N) is 1. The number of aromatic amines is 1. The predicted molar refractivity (Wildman–Crippen MR) is 93.7 cm³/mol. The van der Waals surface area contributed by atoms with Crippen molar-refractivity contribution in [1.29, 1.82) is 0 Å². The van der Waals surface area contributed by atoms with Gasteiger partial charge in [-0.2, -0.15) is 5.10 Å². The van der Waals surface area contributed by atoms with Crippen molar-refractivity contribution in [2.75, 3.05) is 6.54 Å². The molecule has 4 nitrogen and oxygen atoms in total. The summed E-state index contributed by atoms with van der Waals surface area (Å²) in [4.78, 5) is 5.79. The number of rotatable bonds is 3. The number of hydrogen-bond acceptors (Lipinski definition) is 2. The fourth-order valence-electron chi connectivity index (χ4n) is 3.64. The van der Waals surface area contributed by atoms with Crippen molar-refractivity contribution in [3.05, 3.63) is 51.7 Å². The average molecular weight is 347 g/mol. The molecule has 0 atom stereocenters. The van der Waals surface area contributed by atoms with Gasteiger partial charge in [0.25, 0.3) is 0 Å². The van der Waals surface area contributed by atoms with Crippen LogP contribution in [-0.4, -0.2) is 26.2 Å². The second-order valence-electron chi connectivity index (χ2n) is 6.43. The van der Waals surface area contributed by atoms with E-state index >= 15 is 0 Å². The van der Waals surface area contributed by atoms with E-state index < -0.39 is 0 Å². The fraction of sp³-hybridized carbons (Fsp3) is 0.389. The standard InChI is InChI=1S/C18H20ClFN4/c1-3-15-14(18(19)23(2)22-15)10-24-7-6-17-13(9-24)12-8-11(20)4-5-16(12)21-17/h4-5,8,21H,3,6-7,9-10H2,1-2H3. The third-order valence-corrected chi connectivity index (χ3v) is 5.36. The number of halogens is 2. The Bertz CT molecular complexity index is 912. The Kier molecular flexibility index (Phi) is 3.85. The van der Waals surface area contributed by atoms with E-state index in [2.05, 4.69) is 21.9 Å². The van der Waals surface area contributed by atoms with E-state index in [0.29, 0.717) is 5.15 Å². The van der Waals surface area contributed by atoms with E-state index in [0.717, 1.165) is 54.6 Å². The second-order valence-corrected chi connectivity index (χ2v) is 6.78. The Morgan fingerprint density at radius 2 is 2.21 bits per heavy atom. The Morgan fingerprint density at radius 1 is 1.38 bits per heavy atom. The molecular formula is C18H20ClFN4. The van der Waals surface area contributed by atoms with Crippen LogP contribution in [0.15, 0.2) is 18.2 Å². The lowest BCUT2D eigenvalue weighted by Gasteiger charge is -2.27. The van der Waals surface area contributed by atoms with E-state index in [1.165, 1.54) is 17.3 Å². The van der Waals surface area contributed by atoms with E-state index in [4.69, 9.17) is 11.6 Å². The van der Waals surface area contributed by atoms with Gasteiger partial charge in [0.2, 0.25) is 0 Å². The molecule has 6 heteroatoms. The van der Waals surface area contributed by atoms with Gasteiger partial charge >= 0.3 is 0 Å². The Morgan fingerprint density at radius 3 is 3.00 bits per heavy atom. The molecular weight excluding hydrogens is 327 g/mol. The summed E-state index contributed by atoms with van der Waals surface area (Å²) in [6.45, 7) is 4.63. The van der Waals surface area contributed by atoms with Crippen LogP contribution in [0.1, 0.15) is 29.4 Å². The maximum absolute atomic E-state index is 13.6. The number of nitrogens with zero attached hydrogens (tertiary/aromatic N) is 3. The van der Waals surface area contributed by atoms with Crippen LogP contribution < -0.4 is 0 Å². The third kappa shape index (κ3) is 2.52. The van der Waals surface area contributed by atoms with Gasteiger partial charge in [0.05, 0.1) is 5.69 Å². The number of benzene rings is 1. The monoisotopic (exact) mass is 346 g/mol. The maximum Gasteiger partial charge on any atom is 0.131 e. The molecule has 24 heavy (non-hydrogen) atoms. The van der Waals surface area contributed by atoms with Gasteiger partial charge in [0, 0.05) is 55.3 Å². The number of aromatic nitrogens is 3. The zero-order valence-electron chi connectivity index (χ0n) is 13.9. The molecule has 0 radical (unpaired) electrons. The zero-order chi connectivity index (χ0) is 16.8. The van der Waals surface area contributed by atoms with Gasteiger partial charge < -0.3 is 4.98 Å². The molecule has 126 valence electrons. The summed E-state index contributed by atoms with van der Waals surface area (Å²) in [5.74, 6) is -0.190. The van der Waals surface area contributed by atoms with Gasteiger partial charge in [-0.25, -0.2) is 4.39 Å². The lowest BCUT2D eigenvalue weighted by molar-refractivity contribution is 0.245. The van der Waals surface area contributed by atoms with E-state index in [9.17, 15) is 4.39 Å².